The molecule has 4 heteroatoms. The molecule has 0 saturated heterocycles. The number of fused-ring (bicyclic) bond motifs is 2. The van der Waals surface area contributed by atoms with Crippen molar-refractivity contribution >= 4 is 16.7 Å². The quantitative estimate of drug-likeness (QED) is 0.804. The molecule has 0 fully saturated rings. The molecule has 4 rings (SSSR count). The molecule has 0 bridgehead atoms. The highest BCUT2D eigenvalue weighted by Crippen LogP contribution is 2.36. The molecule has 0 aromatic heterocycles. The zero-order valence-electron chi connectivity index (χ0n) is 13.1. The molecule has 0 saturated carbocycles. The van der Waals surface area contributed by atoms with E-state index in [1.165, 1.54) is 0 Å². The fourth-order valence-electron chi connectivity index (χ4n) is 2.75. The minimum Gasteiger partial charge on any atom is -0.475 e. The van der Waals surface area contributed by atoms with Crippen molar-refractivity contribution in [3.05, 3.63) is 35.9 Å². The summed E-state index contributed by atoms with van der Waals surface area (Å²) in [6, 6.07) is 10.4. The third kappa shape index (κ3) is 2.19. The average molecular weight is 297 g/mol. The first-order valence-corrected chi connectivity index (χ1v) is 7.55. The lowest BCUT2D eigenvalue weighted by molar-refractivity contribution is 0.174. The molecule has 2 heterocycles. The third-order valence-corrected chi connectivity index (χ3v) is 4.23. The molecule has 114 valence electrons. The summed E-state index contributed by atoms with van der Waals surface area (Å²) in [5, 5.41) is 2.23. The van der Waals surface area contributed by atoms with E-state index in [0.29, 0.717) is 13.4 Å². The highest BCUT2D eigenvalue weighted by atomic mass is 16.7. The maximum Gasteiger partial charge on any atom is 0.231 e. The van der Waals surface area contributed by atoms with Crippen LogP contribution >= 0.6 is 0 Å². The van der Waals surface area contributed by atoms with Gasteiger partial charge in [-0.3, -0.25) is 0 Å². The van der Waals surface area contributed by atoms with Gasteiger partial charge >= 0.3 is 0 Å². The fraction of sp³-hybridized carbons (Fsp3) is 0.389. The number of nitrogens with zero attached hydrogens (tertiary/aromatic N) is 1. The van der Waals surface area contributed by atoms with Crippen LogP contribution in [0.15, 0.2) is 35.3 Å². The Bertz CT molecular complexity index is 774. The van der Waals surface area contributed by atoms with Gasteiger partial charge in [0, 0.05) is 5.56 Å². The number of aliphatic imine (C=N–C) groups is 1. The van der Waals surface area contributed by atoms with Crippen molar-refractivity contribution in [3.8, 4) is 11.5 Å². The van der Waals surface area contributed by atoms with Gasteiger partial charge < -0.3 is 14.2 Å². The summed E-state index contributed by atoms with van der Waals surface area (Å²) in [6.07, 6.45) is 0. The van der Waals surface area contributed by atoms with Crippen LogP contribution in [0.1, 0.15) is 26.3 Å². The number of hydrogen-bond donors (Lipinski definition) is 0. The maximum absolute atomic E-state index is 5.81. The van der Waals surface area contributed by atoms with Crippen LogP contribution in [0.5, 0.6) is 11.5 Å². The summed E-state index contributed by atoms with van der Waals surface area (Å²) in [5.74, 6) is 2.34. The van der Waals surface area contributed by atoms with Gasteiger partial charge in [0.15, 0.2) is 11.5 Å². The predicted molar refractivity (Wildman–Crippen MR) is 85.8 cm³/mol. The molecular formula is C18H19NO3. The van der Waals surface area contributed by atoms with Crippen molar-refractivity contribution in [1.29, 1.82) is 0 Å². The Morgan fingerprint density at radius 1 is 0.955 bits per heavy atom. The largest absolute Gasteiger partial charge is 0.475 e. The molecule has 0 N–H and O–H groups in total. The molecule has 2 aromatic carbocycles. The minimum absolute atomic E-state index is 0.116. The van der Waals surface area contributed by atoms with Crippen molar-refractivity contribution in [2.45, 2.75) is 26.8 Å². The van der Waals surface area contributed by atoms with E-state index in [9.17, 15) is 0 Å². The SMILES string of the molecule is CC(C)(C)[C@@H]1COC(c2ccc3cc4c(cc3c2)OCO4)=N1. The fourth-order valence-corrected chi connectivity index (χ4v) is 2.75. The first-order chi connectivity index (χ1) is 10.5. The van der Waals surface area contributed by atoms with E-state index >= 15 is 0 Å². The number of hydrogen-bond acceptors (Lipinski definition) is 4. The van der Waals surface area contributed by atoms with Crippen LogP contribution in [0.25, 0.3) is 10.8 Å². The minimum atomic E-state index is 0.116. The highest BCUT2D eigenvalue weighted by Gasteiger charge is 2.30. The standard InChI is InChI=1S/C18H19NO3/c1-18(2,3)16-9-20-17(19-16)12-5-4-11-7-14-15(22-10-21-14)8-13(11)6-12/h4-8,16H,9-10H2,1-3H3/t16-/m0/s1. The van der Waals surface area contributed by atoms with Crippen molar-refractivity contribution in [2.75, 3.05) is 13.4 Å². The van der Waals surface area contributed by atoms with E-state index in [0.717, 1.165) is 33.7 Å². The van der Waals surface area contributed by atoms with Gasteiger partial charge in [0.05, 0.1) is 6.04 Å². The first kappa shape index (κ1) is 13.4. The molecule has 22 heavy (non-hydrogen) atoms. The topological polar surface area (TPSA) is 40.0 Å². The third-order valence-electron chi connectivity index (χ3n) is 4.23. The van der Waals surface area contributed by atoms with Gasteiger partial charge in [-0.2, -0.15) is 0 Å². The number of rotatable bonds is 1. The lowest BCUT2D eigenvalue weighted by Gasteiger charge is -2.21. The van der Waals surface area contributed by atoms with Crippen LogP contribution in [0, 0.1) is 5.41 Å². The van der Waals surface area contributed by atoms with E-state index < -0.39 is 0 Å². The predicted octanol–water partition coefficient (Wildman–Crippen LogP) is 3.76. The summed E-state index contributed by atoms with van der Waals surface area (Å²) in [5.41, 5.74) is 1.13. The van der Waals surface area contributed by atoms with Crippen molar-refractivity contribution < 1.29 is 14.2 Å². The van der Waals surface area contributed by atoms with E-state index in [1.54, 1.807) is 0 Å². The normalized spacial score (nSPS) is 20.1. The molecule has 0 unspecified atom stereocenters. The average Bonchev–Trinajstić information content (AvgIpc) is 3.12. The summed E-state index contributed by atoms with van der Waals surface area (Å²) in [6.45, 7) is 7.51. The van der Waals surface area contributed by atoms with Crippen LogP contribution in [0.3, 0.4) is 0 Å². The Balaban J connectivity index is 1.73. The number of benzene rings is 2. The summed E-state index contributed by atoms with van der Waals surface area (Å²) >= 11 is 0. The lowest BCUT2D eigenvalue weighted by atomic mass is 9.88. The molecule has 0 radical (unpaired) electrons. The molecule has 1 atom stereocenters. The van der Waals surface area contributed by atoms with Crippen LogP contribution in [0.2, 0.25) is 0 Å². The second-order valence-corrected chi connectivity index (χ2v) is 6.89. The van der Waals surface area contributed by atoms with Gasteiger partial charge in [0.1, 0.15) is 6.61 Å². The van der Waals surface area contributed by atoms with Crippen molar-refractivity contribution in [1.82, 2.24) is 0 Å². The second-order valence-electron chi connectivity index (χ2n) is 6.89. The zero-order chi connectivity index (χ0) is 15.3. The Kier molecular flexibility index (Phi) is 2.83. The Hall–Kier alpha value is -2.23. The molecular weight excluding hydrogens is 278 g/mol. The summed E-state index contributed by atoms with van der Waals surface area (Å²) < 4.78 is 16.7. The molecule has 2 aliphatic heterocycles. The van der Waals surface area contributed by atoms with Gasteiger partial charge in [0.2, 0.25) is 12.7 Å². The van der Waals surface area contributed by atoms with Crippen LogP contribution in [-0.2, 0) is 4.74 Å². The second kappa shape index (κ2) is 4.63. The van der Waals surface area contributed by atoms with Gasteiger partial charge in [0.25, 0.3) is 0 Å². The monoisotopic (exact) mass is 297 g/mol. The van der Waals surface area contributed by atoms with E-state index in [-0.39, 0.29) is 11.5 Å². The Morgan fingerprint density at radius 2 is 1.68 bits per heavy atom. The first-order valence-electron chi connectivity index (χ1n) is 7.55. The zero-order valence-corrected chi connectivity index (χ0v) is 13.1. The van der Waals surface area contributed by atoms with Crippen LogP contribution in [-0.4, -0.2) is 25.3 Å². The Labute approximate surface area is 129 Å². The van der Waals surface area contributed by atoms with Crippen LogP contribution in [0.4, 0.5) is 0 Å². The van der Waals surface area contributed by atoms with Gasteiger partial charge in [-0.1, -0.05) is 26.8 Å². The van der Waals surface area contributed by atoms with Gasteiger partial charge in [-0.15, -0.1) is 0 Å². The van der Waals surface area contributed by atoms with E-state index in [4.69, 9.17) is 19.2 Å². The molecule has 0 amide bonds. The number of ether oxygens (including phenoxy) is 3. The van der Waals surface area contributed by atoms with Gasteiger partial charge in [-0.05, 0) is 40.5 Å². The molecule has 2 aliphatic rings. The van der Waals surface area contributed by atoms with E-state index in [2.05, 4.69) is 39.0 Å². The highest BCUT2D eigenvalue weighted by molar-refractivity contribution is 6.00. The van der Waals surface area contributed by atoms with Crippen molar-refractivity contribution in [2.24, 2.45) is 10.4 Å². The molecule has 2 aromatic rings. The van der Waals surface area contributed by atoms with Crippen molar-refractivity contribution in [3.63, 3.8) is 0 Å². The van der Waals surface area contributed by atoms with Gasteiger partial charge in [-0.25, -0.2) is 4.99 Å². The molecule has 0 spiro atoms. The van der Waals surface area contributed by atoms with E-state index in [1.807, 2.05) is 12.1 Å². The summed E-state index contributed by atoms with van der Waals surface area (Å²) in [7, 11) is 0. The smallest absolute Gasteiger partial charge is 0.231 e. The van der Waals surface area contributed by atoms with Crippen LogP contribution < -0.4 is 9.47 Å². The Morgan fingerprint density at radius 3 is 2.36 bits per heavy atom. The molecule has 0 aliphatic carbocycles. The molecule has 4 nitrogen and oxygen atoms in total. The summed E-state index contributed by atoms with van der Waals surface area (Å²) in [4.78, 5) is 4.75. The maximum atomic E-state index is 5.81. The lowest BCUT2D eigenvalue weighted by Crippen LogP contribution is -2.25.